The van der Waals surface area contributed by atoms with E-state index in [-0.39, 0.29) is 23.6 Å². The average Bonchev–Trinajstić information content (AvgIpc) is 2.67. The Morgan fingerprint density at radius 1 is 1.04 bits per heavy atom. The topological polar surface area (TPSA) is 69.6 Å². The molecule has 0 unspecified atom stereocenters. The van der Waals surface area contributed by atoms with E-state index < -0.39 is 0 Å². The van der Waals surface area contributed by atoms with E-state index in [4.69, 9.17) is 0 Å². The third kappa shape index (κ3) is 4.72. The number of carbonyl (C=O) groups excluding carboxylic acids is 2. The summed E-state index contributed by atoms with van der Waals surface area (Å²) in [5.41, 5.74) is 1.47. The summed E-state index contributed by atoms with van der Waals surface area (Å²) in [5, 5.41) is 12.5. The number of likely N-dealkylation sites (tertiary alicyclic amines) is 1. The van der Waals surface area contributed by atoms with Gasteiger partial charge in [-0.3, -0.25) is 9.59 Å². The monoisotopic (exact) mass is 350 g/mol. The highest BCUT2D eigenvalue weighted by atomic mass is 16.3. The summed E-state index contributed by atoms with van der Waals surface area (Å²) in [7, 11) is 0. The Balaban J connectivity index is 1.48. The Labute approximate surface area is 153 Å². The fourth-order valence-electron chi connectivity index (χ4n) is 3.03. The van der Waals surface area contributed by atoms with Gasteiger partial charge in [0.1, 0.15) is 5.75 Å². The summed E-state index contributed by atoms with van der Waals surface area (Å²) >= 11 is 0. The molecule has 3 rings (SSSR count). The number of benzene rings is 2. The quantitative estimate of drug-likeness (QED) is 0.833. The molecular weight excluding hydrogens is 328 g/mol. The smallest absolute Gasteiger partial charge is 0.253 e. The van der Waals surface area contributed by atoms with Crippen molar-refractivity contribution in [3.8, 4) is 5.75 Å². The number of nitrogens with one attached hydrogen (secondary N) is 1. The minimum atomic E-state index is -0.119. The Kier molecular flexibility index (Phi) is 5.69. The highest BCUT2D eigenvalue weighted by Crippen LogP contribution is 2.17. The Morgan fingerprint density at radius 3 is 2.46 bits per heavy atom. The summed E-state index contributed by atoms with van der Waals surface area (Å²) in [4.78, 5) is 26.3. The lowest BCUT2D eigenvalue weighted by molar-refractivity contribution is -0.117. The van der Waals surface area contributed by atoms with E-state index in [1.165, 1.54) is 6.07 Å². The van der Waals surface area contributed by atoms with Crippen LogP contribution in [-0.2, 0) is 4.79 Å². The summed E-state index contributed by atoms with van der Waals surface area (Å²) in [6.07, 6.45) is 4.76. The number of hydrogen-bond acceptors (Lipinski definition) is 3. The Morgan fingerprint density at radius 2 is 1.77 bits per heavy atom. The van der Waals surface area contributed by atoms with Crippen LogP contribution in [-0.4, -0.2) is 41.0 Å². The van der Waals surface area contributed by atoms with Gasteiger partial charge in [0.25, 0.3) is 5.91 Å². The van der Waals surface area contributed by atoms with Gasteiger partial charge in [-0.1, -0.05) is 36.4 Å². The highest BCUT2D eigenvalue weighted by molar-refractivity contribution is 5.95. The van der Waals surface area contributed by atoms with Crippen molar-refractivity contribution >= 4 is 17.9 Å². The van der Waals surface area contributed by atoms with Gasteiger partial charge in [0, 0.05) is 30.8 Å². The zero-order valence-electron chi connectivity index (χ0n) is 14.5. The van der Waals surface area contributed by atoms with Crippen LogP contribution < -0.4 is 5.32 Å². The van der Waals surface area contributed by atoms with Crippen molar-refractivity contribution in [1.82, 2.24) is 10.2 Å². The van der Waals surface area contributed by atoms with Crippen LogP contribution in [0.5, 0.6) is 5.75 Å². The molecule has 0 aromatic heterocycles. The molecule has 134 valence electrons. The fourth-order valence-corrected chi connectivity index (χ4v) is 3.03. The van der Waals surface area contributed by atoms with Crippen LogP contribution in [0.1, 0.15) is 28.8 Å². The summed E-state index contributed by atoms with van der Waals surface area (Å²) in [5.74, 6) is -0.121. The number of phenolic OH excluding ortho intramolecular Hbond substituents is 1. The lowest BCUT2D eigenvalue weighted by Crippen LogP contribution is -2.46. The van der Waals surface area contributed by atoms with E-state index in [0.29, 0.717) is 18.7 Å². The first kappa shape index (κ1) is 17.7. The van der Waals surface area contributed by atoms with Crippen LogP contribution >= 0.6 is 0 Å². The SMILES string of the molecule is O=C(/C=C/c1ccccc1)NC1CCN(C(=O)c2cccc(O)c2)CC1. The van der Waals surface area contributed by atoms with Gasteiger partial charge in [0.2, 0.25) is 5.91 Å². The minimum absolute atomic E-state index is 0.0659. The Bertz CT molecular complexity index is 794. The van der Waals surface area contributed by atoms with E-state index in [0.717, 1.165) is 18.4 Å². The first-order chi connectivity index (χ1) is 12.6. The largest absolute Gasteiger partial charge is 0.508 e. The normalized spacial score (nSPS) is 15.2. The number of carbonyl (C=O) groups is 2. The Hall–Kier alpha value is -3.08. The fraction of sp³-hybridized carbons (Fsp3) is 0.238. The number of hydrogen-bond donors (Lipinski definition) is 2. The maximum absolute atomic E-state index is 12.5. The van der Waals surface area contributed by atoms with Crippen LogP contribution in [0, 0.1) is 0 Å². The molecule has 2 amide bonds. The number of piperidine rings is 1. The molecule has 2 aromatic rings. The molecule has 2 aromatic carbocycles. The van der Waals surface area contributed by atoms with E-state index in [1.54, 1.807) is 35.3 Å². The molecule has 5 heteroatoms. The number of aromatic hydroxyl groups is 1. The summed E-state index contributed by atoms with van der Waals surface area (Å²) < 4.78 is 0. The molecule has 1 heterocycles. The first-order valence-corrected chi connectivity index (χ1v) is 8.74. The molecular formula is C21H22N2O3. The number of nitrogens with zero attached hydrogens (tertiary/aromatic N) is 1. The zero-order chi connectivity index (χ0) is 18.4. The van der Waals surface area contributed by atoms with Gasteiger partial charge < -0.3 is 15.3 Å². The highest BCUT2D eigenvalue weighted by Gasteiger charge is 2.24. The molecule has 2 N–H and O–H groups in total. The molecule has 0 atom stereocenters. The van der Waals surface area contributed by atoms with Crippen molar-refractivity contribution < 1.29 is 14.7 Å². The van der Waals surface area contributed by atoms with Crippen molar-refractivity contribution in [2.75, 3.05) is 13.1 Å². The summed E-state index contributed by atoms with van der Waals surface area (Å²) in [6.45, 7) is 1.17. The lowest BCUT2D eigenvalue weighted by atomic mass is 10.0. The van der Waals surface area contributed by atoms with Crippen LogP contribution in [0.3, 0.4) is 0 Å². The van der Waals surface area contributed by atoms with Gasteiger partial charge in [0.05, 0.1) is 0 Å². The molecule has 0 aliphatic carbocycles. The minimum Gasteiger partial charge on any atom is -0.508 e. The molecule has 5 nitrogen and oxygen atoms in total. The van der Waals surface area contributed by atoms with E-state index in [2.05, 4.69) is 5.32 Å². The van der Waals surface area contributed by atoms with Gasteiger partial charge >= 0.3 is 0 Å². The van der Waals surface area contributed by atoms with Crippen molar-refractivity contribution in [3.63, 3.8) is 0 Å². The zero-order valence-corrected chi connectivity index (χ0v) is 14.5. The molecule has 0 saturated carbocycles. The molecule has 1 fully saturated rings. The molecule has 1 aliphatic heterocycles. The van der Waals surface area contributed by atoms with Gasteiger partial charge in [0.15, 0.2) is 0 Å². The van der Waals surface area contributed by atoms with Gasteiger partial charge in [-0.15, -0.1) is 0 Å². The van der Waals surface area contributed by atoms with Crippen molar-refractivity contribution in [3.05, 3.63) is 71.8 Å². The second-order valence-electron chi connectivity index (χ2n) is 6.37. The standard InChI is InChI=1S/C21H22N2O3/c24-19-8-4-7-17(15-19)21(26)23-13-11-18(12-14-23)22-20(25)10-9-16-5-2-1-3-6-16/h1-10,15,18,24H,11-14H2,(H,22,25)/b10-9+. The average molecular weight is 350 g/mol. The van der Waals surface area contributed by atoms with E-state index in [9.17, 15) is 14.7 Å². The van der Waals surface area contributed by atoms with Crippen molar-refractivity contribution in [2.24, 2.45) is 0 Å². The third-order valence-electron chi connectivity index (χ3n) is 4.45. The van der Waals surface area contributed by atoms with Crippen molar-refractivity contribution in [1.29, 1.82) is 0 Å². The molecule has 0 radical (unpaired) electrons. The van der Waals surface area contributed by atoms with E-state index in [1.807, 2.05) is 30.3 Å². The molecule has 0 spiro atoms. The molecule has 1 saturated heterocycles. The molecule has 0 bridgehead atoms. The number of amides is 2. The second-order valence-corrected chi connectivity index (χ2v) is 6.37. The maximum Gasteiger partial charge on any atom is 0.253 e. The van der Waals surface area contributed by atoms with Crippen LogP contribution in [0.15, 0.2) is 60.7 Å². The number of phenols is 1. The van der Waals surface area contributed by atoms with Gasteiger partial charge in [-0.05, 0) is 42.7 Å². The predicted octanol–water partition coefficient (Wildman–Crippen LogP) is 2.83. The van der Waals surface area contributed by atoms with E-state index >= 15 is 0 Å². The number of rotatable bonds is 4. The summed E-state index contributed by atoms with van der Waals surface area (Å²) in [6, 6.07) is 16.1. The molecule has 1 aliphatic rings. The maximum atomic E-state index is 12.5. The third-order valence-corrected chi connectivity index (χ3v) is 4.45. The van der Waals surface area contributed by atoms with Gasteiger partial charge in [-0.25, -0.2) is 0 Å². The predicted molar refractivity (Wildman–Crippen MR) is 101 cm³/mol. The van der Waals surface area contributed by atoms with Crippen molar-refractivity contribution in [2.45, 2.75) is 18.9 Å². The van der Waals surface area contributed by atoms with Crippen LogP contribution in [0.4, 0.5) is 0 Å². The lowest BCUT2D eigenvalue weighted by Gasteiger charge is -2.32. The van der Waals surface area contributed by atoms with Gasteiger partial charge in [-0.2, -0.15) is 0 Å². The molecule has 26 heavy (non-hydrogen) atoms. The second kappa shape index (κ2) is 8.34. The first-order valence-electron chi connectivity index (χ1n) is 8.74. The van der Waals surface area contributed by atoms with Crippen LogP contribution in [0.25, 0.3) is 6.08 Å². The van der Waals surface area contributed by atoms with Crippen LogP contribution in [0.2, 0.25) is 0 Å².